The van der Waals surface area contributed by atoms with Crippen LogP contribution in [-0.2, 0) is 0 Å². The molecule has 0 atom stereocenters. The maximum atomic E-state index is 4.68. The summed E-state index contributed by atoms with van der Waals surface area (Å²) in [7, 11) is 10.1. The first-order valence-electron chi connectivity index (χ1n) is 0.309. The van der Waals surface area contributed by atoms with Crippen molar-refractivity contribution in [1.29, 1.82) is 0 Å². The van der Waals surface area contributed by atoms with Gasteiger partial charge in [0, 0.05) is 18.9 Å². The molecule has 0 aliphatic heterocycles. The number of rotatable bonds is 0. The van der Waals surface area contributed by atoms with Crippen molar-refractivity contribution in [1.82, 2.24) is 0 Å². The Labute approximate surface area is 50.4 Å². The second-order valence-corrected chi connectivity index (χ2v) is 1.57. The minimum Gasteiger partial charge on any atom is -0.0261 e. The molecule has 21 valence electrons. The van der Waals surface area contributed by atoms with Crippen molar-refractivity contribution in [3.05, 3.63) is 0 Å². The Morgan fingerprint density at radius 2 is 1.25 bits per heavy atom. The smallest absolute Gasteiger partial charge is 0.0261 e. The van der Waals surface area contributed by atoms with E-state index in [1.54, 1.807) is 0 Å². The van der Waals surface area contributed by atoms with E-state index >= 15 is 0 Å². The SMILES string of the molecule is ClSCl.[Li]. The Hall–Kier alpha value is 1.53. The molecule has 0 amide bonds. The van der Waals surface area contributed by atoms with Crippen LogP contribution in [0.5, 0.6) is 0 Å². The van der Waals surface area contributed by atoms with E-state index in [2.05, 4.69) is 21.4 Å². The summed E-state index contributed by atoms with van der Waals surface area (Å²) in [6.45, 7) is 0. The van der Waals surface area contributed by atoms with Gasteiger partial charge in [0.25, 0.3) is 0 Å². The molecule has 4 heteroatoms. The molecule has 0 aromatic rings. The molecule has 0 unspecified atom stereocenters. The normalized spacial score (nSPS) is 4.50. The molecule has 0 aromatic heterocycles. The zero-order chi connectivity index (χ0) is 2.71. The van der Waals surface area contributed by atoms with Crippen LogP contribution < -0.4 is 0 Å². The molecular weight excluding hydrogens is 110 g/mol. The van der Waals surface area contributed by atoms with Gasteiger partial charge in [-0.2, -0.15) is 0 Å². The van der Waals surface area contributed by atoms with Crippen molar-refractivity contribution in [2.75, 3.05) is 0 Å². The van der Waals surface area contributed by atoms with Gasteiger partial charge in [-0.15, -0.1) is 0 Å². The van der Waals surface area contributed by atoms with Gasteiger partial charge in [-0.05, 0) is 21.4 Å². The predicted octanol–water partition coefficient (Wildman–Crippen LogP) is 1.65. The van der Waals surface area contributed by atoms with Crippen molar-refractivity contribution < 1.29 is 0 Å². The molecule has 0 saturated carbocycles. The molecule has 0 aliphatic carbocycles. The topological polar surface area (TPSA) is 0 Å². The monoisotopic (exact) mass is 109 g/mol. The molecule has 0 saturated heterocycles. The van der Waals surface area contributed by atoms with Crippen LogP contribution in [0, 0.1) is 0 Å². The molecule has 4 heavy (non-hydrogen) atoms. The summed E-state index contributed by atoms with van der Waals surface area (Å²) in [6.07, 6.45) is 0. The van der Waals surface area contributed by atoms with Gasteiger partial charge in [-0.25, -0.2) is 0 Å². The molecule has 0 rings (SSSR count). The number of halogens is 2. The summed E-state index contributed by atoms with van der Waals surface area (Å²) < 4.78 is 0. The third-order valence-electron chi connectivity index (χ3n) is 0. The Balaban J connectivity index is 0. The second-order valence-electron chi connectivity index (χ2n) is 0.0583. The van der Waals surface area contributed by atoms with E-state index in [0.29, 0.717) is 10.2 Å². The van der Waals surface area contributed by atoms with Crippen molar-refractivity contribution in [3.63, 3.8) is 0 Å². The molecule has 0 bridgehead atoms. The quantitative estimate of drug-likeness (QED) is 0.427. The van der Waals surface area contributed by atoms with E-state index in [1.807, 2.05) is 0 Å². The Morgan fingerprint density at radius 3 is 1.25 bits per heavy atom. The third-order valence-corrected chi connectivity index (χ3v) is 0. The predicted molar refractivity (Wildman–Crippen MR) is 25.1 cm³/mol. The third kappa shape index (κ3) is 9.66. The first-order valence-corrected chi connectivity index (χ1v) is 2.78. The average molecular weight is 110 g/mol. The fourth-order valence-electron chi connectivity index (χ4n) is 0. The van der Waals surface area contributed by atoms with Gasteiger partial charge in [0.2, 0.25) is 0 Å². The maximum Gasteiger partial charge on any atom is 0.0523 e. The number of hydrogen-bond donors (Lipinski definition) is 0. The molecule has 0 aromatic carbocycles. The van der Waals surface area contributed by atoms with E-state index in [4.69, 9.17) is 0 Å². The summed E-state index contributed by atoms with van der Waals surface area (Å²) in [6, 6.07) is 0. The van der Waals surface area contributed by atoms with E-state index in [-0.39, 0.29) is 18.9 Å². The fraction of sp³-hybridized carbons (Fsp3) is 0. The van der Waals surface area contributed by atoms with Crippen LogP contribution in [0.25, 0.3) is 0 Å². The largest absolute Gasteiger partial charge is 0.0523 e. The summed E-state index contributed by atoms with van der Waals surface area (Å²) >= 11 is 0. The van der Waals surface area contributed by atoms with Crippen LogP contribution in [0.4, 0.5) is 0 Å². The second kappa shape index (κ2) is 8.82. The van der Waals surface area contributed by atoms with Gasteiger partial charge < -0.3 is 0 Å². The van der Waals surface area contributed by atoms with Gasteiger partial charge in [0.1, 0.15) is 0 Å². The fourth-order valence-corrected chi connectivity index (χ4v) is 0. The minimum absolute atomic E-state index is 0. The van der Waals surface area contributed by atoms with Crippen LogP contribution in [0.1, 0.15) is 0 Å². The van der Waals surface area contributed by atoms with Crippen molar-refractivity contribution in [3.8, 4) is 0 Å². The van der Waals surface area contributed by atoms with Crippen molar-refractivity contribution in [2.45, 2.75) is 0 Å². The van der Waals surface area contributed by atoms with Gasteiger partial charge >= 0.3 is 0 Å². The van der Waals surface area contributed by atoms with Gasteiger partial charge in [0.15, 0.2) is 0 Å². The molecule has 0 aliphatic rings. The Bertz CT molecular complexity index is 6.00. The summed E-state index contributed by atoms with van der Waals surface area (Å²) in [5.41, 5.74) is 0. The first kappa shape index (κ1) is 9.11. The number of hydrogen-bond acceptors (Lipinski definition) is 1. The van der Waals surface area contributed by atoms with E-state index in [9.17, 15) is 0 Å². The van der Waals surface area contributed by atoms with Crippen molar-refractivity contribution in [2.24, 2.45) is 0 Å². The standard InChI is InChI=1S/Cl2S.Li/c1-3-2;. The van der Waals surface area contributed by atoms with Crippen molar-refractivity contribution >= 4 is 50.4 Å². The molecule has 0 N–H and O–H groups in total. The van der Waals surface area contributed by atoms with Crippen LogP contribution >= 0.6 is 31.6 Å². The average Bonchev–Trinajstić information content (AvgIpc) is 0.918. The summed E-state index contributed by atoms with van der Waals surface area (Å²) in [5.74, 6) is 0. The zero-order valence-electron chi connectivity index (χ0n) is 2.16. The van der Waals surface area contributed by atoms with Crippen LogP contribution in [0.3, 0.4) is 0 Å². The van der Waals surface area contributed by atoms with E-state index in [1.165, 1.54) is 0 Å². The molecule has 0 spiro atoms. The Kier molecular flexibility index (Phi) is 20.1. The van der Waals surface area contributed by atoms with E-state index < -0.39 is 0 Å². The van der Waals surface area contributed by atoms with Gasteiger partial charge in [-0.1, -0.05) is 0 Å². The zero-order valence-corrected chi connectivity index (χ0v) is 4.49. The molecular formula is Cl2LiS. The molecule has 1 radical (unpaired) electrons. The Morgan fingerprint density at radius 1 is 1.25 bits per heavy atom. The first-order chi connectivity index (χ1) is 1.41. The summed E-state index contributed by atoms with van der Waals surface area (Å²) in [5, 5.41) is 0. The maximum absolute atomic E-state index is 4.68. The van der Waals surface area contributed by atoms with Crippen LogP contribution in [0.15, 0.2) is 0 Å². The molecule has 0 fully saturated rings. The molecule has 0 nitrogen and oxygen atoms in total. The van der Waals surface area contributed by atoms with Gasteiger partial charge in [-0.3, -0.25) is 0 Å². The van der Waals surface area contributed by atoms with Gasteiger partial charge in [0.05, 0.1) is 10.2 Å². The molecule has 0 heterocycles. The van der Waals surface area contributed by atoms with Crippen LogP contribution in [-0.4, -0.2) is 18.9 Å². The summed E-state index contributed by atoms with van der Waals surface area (Å²) in [4.78, 5) is 0. The van der Waals surface area contributed by atoms with Crippen LogP contribution in [0.2, 0.25) is 0 Å². The minimum atomic E-state index is 0. The van der Waals surface area contributed by atoms with E-state index in [0.717, 1.165) is 0 Å².